The monoisotopic (exact) mass is 445 g/mol. The Morgan fingerprint density at radius 3 is 2.47 bits per heavy atom. The first-order valence-corrected chi connectivity index (χ1v) is 11.7. The fourth-order valence-corrected chi connectivity index (χ4v) is 4.39. The molecule has 4 rings (SSSR count). The number of nitrogens with zero attached hydrogens (tertiary/aromatic N) is 4. The van der Waals surface area contributed by atoms with E-state index in [9.17, 15) is 4.79 Å². The van der Waals surface area contributed by atoms with Gasteiger partial charge in [0.25, 0.3) is 5.78 Å². The van der Waals surface area contributed by atoms with Crippen LogP contribution in [-0.2, 0) is 17.6 Å². The van der Waals surface area contributed by atoms with Gasteiger partial charge in [-0.15, -0.1) is 5.10 Å². The largest absolute Gasteiger partial charge is 0.325 e. The summed E-state index contributed by atoms with van der Waals surface area (Å²) in [5.41, 5.74) is 7.65. The molecule has 6 nitrogen and oxygen atoms in total. The van der Waals surface area contributed by atoms with Crippen LogP contribution in [0.2, 0.25) is 0 Å². The lowest BCUT2D eigenvalue weighted by Crippen LogP contribution is -2.15. The van der Waals surface area contributed by atoms with E-state index in [1.165, 1.54) is 22.9 Å². The first-order valence-electron chi connectivity index (χ1n) is 10.7. The zero-order chi connectivity index (χ0) is 22.7. The van der Waals surface area contributed by atoms with Crippen LogP contribution in [0.3, 0.4) is 0 Å². The molecule has 0 spiro atoms. The van der Waals surface area contributed by atoms with Crippen molar-refractivity contribution in [2.45, 2.75) is 45.7 Å². The predicted octanol–water partition coefficient (Wildman–Crippen LogP) is 4.93. The Labute approximate surface area is 192 Å². The van der Waals surface area contributed by atoms with E-state index in [0.29, 0.717) is 10.9 Å². The quantitative estimate of drug-likeness (QED) is 0.408. The van der Waals surface area contributed by atoms with E-state index in [4.69, 9.17) is 0 Å². The zero-order valence-corrected chi connectivity index (χ0v) is 19.7. The first-order chi connectivity index (χ1) is 15.5. The van der Waals surface area contributed by atoms with Crippen molar-refractivity contribution in [3.05, 3.63) is 82.2 Å². The molecule has 0 bridgehead atoms. The highest BCUT2D eigenvalue weighted by Crippen LogP contribution is 2.22. The average molecular weight is 446 g/mol. The Kier molecular flexibility index (Phi) is 6.55. The molecule has 2 heterocycles. The Balaban J connectivity index is 1.50. The Bertz CT molecular complexity index is 1280. The van der Waals surface area contributed by atoms with Crippen LogP contribution < -0.4 is 5.32 Å². The molecule has 32 heavy (non-hydrogen) atoms. The van der Waals surface area contributed by atoms with Gasteiger partial charge >= 0.3 is 0 Å². The first kappa shape index (κ1) is 22.0. The molecule has 0 unspecified atom stereocenters. The fraction of sp³-hybridized carbons (Fsp3) is 0.280. The van der Waals surface area contributed by atoms with Crippen LogP contribution in [0.4, 0.5) is 5.69 Å². The maximum absolute atomic E-state index is 12.5. The van der Waals surface area contributed by atoms with Gasteiger partial charge in [0.2, 0.25) is 11.1 Å². The lowest BCUT2D eigenvalue weighted by Gasteiger charge is -2.12. The number of anilines is 1. The number of hydrogen-bond donors (Lipinski definition) is 1. The highest BCUT2D eigenvalue weighted by Gasteiger charge is 2.16. The number of fused-ring (bicyclic) bond motifs is 1. The second-order valence-electron chi connectivity index (χ2n) is 7.82. The van der Waals surface area contributed by atoms with Gasteiger partial charge in [0.15, 0.2) is 0 Å². The van der Waals surface area contributed by atoms with Gasteiger partial charge in [-0.05, 0) is 55.5 Å². The van der Waals surface area contributed by atoms with Crippen molar-refractivity contribution in [1.29, 1.82) is 0 Å². The number of benzene rings is 2. The second-order valence-corrected chi connectivity index (χ2v) is 8.76. The summed E-state index contributed by atoms with van der Waals surface area (Å²) in [6, 6.07) is 16.3. The Morgan fingerprint density at radius 2 is 1.72 bits per heavy atom. The number of carbonyl (C=O) groups is 1. The molecule has 1 amide bonds. The SMILES string of the molecule is CCc1ccccc1NC(=O)CSc1nc2nc(C)c(Cc3ccccc3C)c(C)n2n1. The minimum atomic E-state index is -0.0733. The van der Waals surface area contributed by atoms with E-state index in [-0.39, 0.29) is 11.7 Å². The van der Waals surface area contributed by atoms with Crippen molar-refractivity contribution in [2.75, 3.05) is 11.1 Å². The molecule has 0 fully saturated rings. The van der Waals surface area contributed by atoms with Gasteiger partial charge in [0, 0.05) is 23.5 Å². The fourth-order valence-electron chi connectivity index (χ4n) is 3.77. The third-order valence-corrected chi connectivity index (χ3v) is 6.50. The minimum absolute atomic E-state index is 0.0733. The summed E-state index contributed by atoms with van der Waals surface area (Å²) >= 11 is 1.32. The second kappa shape index (κ2) is 9.53. The third kappa shape index (κ3) is 4.67. The van der Waals surface area contributed by atoms with Crippen molar-refractivity contribution in [3.63, 3.8) is 0 Å². The van der Waals surface area contributed by atoms with Crippen molar-refractivity contribution in [3.8, 4) is 0 Å². The van der Waals surface area contributed by atoms with Crippen LogP contribution in [0.15, 0.2) is 53.7 Å². The third-order valence-electron chi connectivity index (χ3n) is 5.66. The molecule has 0 saturated carbocycles. The van der Waals surface area contributed by atoms with Crippen molar-refractivity contribution < 1.29 is 4.79 Å². The van der Waals surface area contributed by atoms with E-state index in [1.54, 1.807) is 4.52 Å². The minimum Gasteiger partial charge on any atom is -0.325 e. The van der Waals surface area contributed by atoms with E-state index in [1.807, 2.05) is 38.1 Å². The number of aromatic nitrogens is 4. The van der Waals surface area contributed by atoms with Gasteiger partial charge in [0.1, 0.15) is 0 Å². The number of para-hydroxylation sites is 1. The molecule has 4 aromatic rings. The standard InChI is InChI=1S/C25H27N5OS/c1-5-19-11-8-9-13-22(19)27-23(31)15-32-25-28-24-26-17(3)21(18(4)30(24)29-25)14-20-12-7-6-10-16(20)2/h6-13H,5,14-15H2,1-4H3,(H,27,31). The number of thioether (sulfide) groups is 1. The summed E-state index contributed by atoms with van der Waals surface area (Å²) in [6.07, 6.45) is 1.67. The summed E-state index contributed by atoms with van der Waals surface area (Å²) in [7, 11) is 0. The molecular formula is C25H27N5OS. The van der Waals surface area contributed by atoms with Crippen molar-refractivity contribution in [2.24, 2.45) is 0 Å². The lowest BCUT2D eigenvalue weighted by atomic mass is 9.99. The Hall–Kier alpha value is -3.19. The molecule has 1 N–H and O–H groups in total. The zero-order valence-electron chi connectivity index (χ0n) is 18.8. The van der Waals surface area contributed by atoms with Crippen LogP contribution in [0, 0.1) is 20.8 Å². The van der Waals surface area contributed by atoms with E-state index in [0.717, 1.165) is 41.0 Å². The van der Waals surface area contributed by atoms with Crippen LogP contribution in [0.5, 0.6) is 0 Å². The summed E-state index contributed by atoms with van der Waals surface area (Å²) in [5, 5.41) is 8.15. The van der Waals surface area contributed by atoms with E-state index < -0.39 is 0 Å². The predicted molar refractivity (Wildman–Crippen MR) is 129 cm³/mol. The number of nitrogens with one attached hydrogen (secondary N) is 1. The smallest absolute Gasteiger partial charge is 0.253 e. The number of carbonyl (C=O) groups excluding carboxylic acids is 1. The van der Waals surface area contributed by atoms with Gasteiger partial charge < -0.3 is 5.32 Å². The molecule has 2 aromatic carbocycles. The molecule has 2 aromatic heterocycles. The van der Waals surface area contributed by atoms with Gasteiger partial charge in [-0.2, -0.15) is 4.98 Å². The molecule has 0 saturated heterocycles. The molecule has 0 radical (unpaired) electrons. The maximum atomic E-state index is 12.5. The lowest BCUT2D eigenvalue weighted by molar-refractivity contribution is -0.113. The molecule has 0 atom stereocenters. The molecular weight excluding hydrogens is 418 g/mol. The van der Waals surface area contributed by atoms with Gasteiger partial charge in [-0.1, -0.05) is 61.2 Å². The van der Waals surface area contributed by atoms with Gasteiger partial charge in [0.05, 0.1) is 5.75 Å². The van der Waals surface area contributed by atoms with Crippen molar-refractivity contribution in [1.82, 2.24) is 19.6 Å². The average Bonchev–Trinajstić information content (AvgIpc) is 3.20. The number of aryl methyl sites for hydroxylation is 4. The normalized spacial score (nSPS) is 11.1. The number of rotatable bonds is 7. The summed E-state index contributed by atoms with van der Waals surface area (Å²) < 4.78 is 1.78. The topological polar surface area (TPSA) is 72.2 Å². The summed E-state index contributed by atoms with van der Waals surface area (Å²) in [6.45, 7) is 8.26. The van der Waals surface area contributed by atoms with Crippen LogP contribution in [0.25, 0.3) is 5.78 Å². The number of hydrogen-bond acceptors (Lipinski definition) is 5. The maximum Gasteiger partial charge on any atom is 0.253 e. The van der Waals surface area contributed by atoms with E-state index >= 15 is 0 Å². The van der Waals surface area contributed by atoms with Crippen molar-refractivity contribution >= 4 is 29.1 Å². The Morgan fingerprint density at radius 1 is 1.00 bits per heavy atom. The molecule has 0 aliphatic heterocycles. The van der Waals surface area contributed by atoms with Crippen LogP contribution >= 0.6 is 11.8 Å². The van der Waals surface area contributed by atoms with Gasteiger partial charge in [-0.25, -0.2) is 9.50 Å². The molecule has 164 valence electrons. The summed E-state index contributed by atoms with van der Waals surface area (Å²) in [5.74, 6) is 0.729. The molecule has 0 aliphatic carbocycles. The summed E-state index contributed by atoms with van der Waals surface area (Å²) in [4.78, 5) is 21.7. The van der Waals surface area contributed by atoms with E-state index in [2.05, 4.69) is 58.5 Å². The molecule has 0 aliphatic rings. The highest BCUT2D eigenvalue weighted by atomic mass is 32.2. The van der Waals surface area contributed by atoms with Crippen LogP contribution in [-0.4, -0.2) is 31.2 Å². The van der Waals surface area contributed by atoms with Gasteiger partial charge in [-0.3, -0.25) is 4.79 Å². The number of amides is 1. The van der Waals surface area contributed by atoms with Crippen LogP contribution in [0.1, 0.15) is 40.6 Å². The highest BCUT2D eigenvalue weighted by molar-refractivity contribution is 7.99. The molecule has 7 heteroatoms.